The molecule has 15 heavy (non-hydrogen) atoms. The third-order valence-electron chi connectivity index (χ3n) is 1.71. The molecule has 1 aromatic heterocycles. The van der Waals surface area contributed by atoms with E-state index in [0.29, 0.717) is 5.56 Å². The largest absolute Gasteiger partial charge is 0.478 e. The molecule has 0 aliphatic heterocycles. The number of hydrogen-bond donors (Lipinski definition) is 2. The van der Waals surface area contributed by atoms with Crippen molar-refractivity contribution in [2.24, 2.45) is 0 Å². The molecule has 0 aliphatic rings. The van der Waals surface area contributed by atoms with Crippen molar-refractivity contribution >= 4 is 5.97 Å². The van der Waals surface area contributed by atoms with E-state index in [0.717, 1.165) is 5.56 Å². The second-order valence-electron chi connectivity index (χ2n) is 2.77. The monoisotopic (exact) mass is 205 g/mol. The molecule has 0 spiro atoms. The zero-order valence-electron chi connectivity index (χ0n) is 8.21. The second-order valence-corrected chi connectivity index (χ2v) is 2.77. The van der Waals surface area contributed by atoms with Gasteiger partial charge in [0.15, 0.2) is 0 Å². The van der Waals surface area contributed by atoms with Crippen molar-refractivity contribution in [1.29, 1.82) is 0 Å². The molecule has 0 unspecified atom stereocenters. The lowest BCUT2D eigenvalue weighted by Crippen LogP contribution is -1.97. The van der Waals surface area contributed by atoms with Crippen molar-refractivity contribution < 1.29 is 9.90 Å². The van der Waals surface area contributed by atoms with Crippen LogP contribution in [0.2, 0.25) is 0 Å². The summed E-state index contributed by atoms with van der Waals surface area (Å²) in [6.45, 7) is 1.78. The van der Waals surface area contributed by atoms with Gasteiger partial charge < -0.3 is 5.11 Å². The number of carbonyl (C=O) groups is 1. The maximum absolute atomic E-state index is 10.4. The van der Waals surface area contributed by atoms with Crippen LogP contribution in [-0.4, -0.2) is 26.3 Å². The number of nitrogens with one attached hydrogen (secondary N) is 1. The molecule has 0 saturated heterocycles. The Morgan fingerprint density at radius 2 is 2.13 bits per heavy atom. The minimum Gasteiger partial charge on any atom is -0.478 e. The van der Waals surface area contributed by atoms with Crippen LogP contribution in [0.3, 0.4) is 0 Å². The first-order valence-electron chi connectivity index (χ1n) is 4.29. The minimum atomic E-state index is -0.863. The molecule has 5 heteroatoms. The molecule has 2 N–H and O–H groups in total. The van der Waals surface area contributed by atoms with Gasteiger partial charge in [0.2, 0.25) is 0 Å². The SMILES string of the molecule is Cc1ccccc1C(=O)O.c1nc[nH]n1. The molecule has 0 aliphatic carbocycles. The first kappa shape index (κ1) is 10.9. The molecule has 0 fully saturated rings. The molecule has 5 nitrogen and oxygen atoms in total. The van der Waals surface area contributed by atoms with Crippen molar-refractivity contribution in [3.05, 3.63) is 48.0 Å². The highest BCUT2D eigenvalue weighted by Gasteiger charge is 2.02. The summed E-state index contributed by atoms with van der Waals surface area (Å²) in [6.07, 6.45) is 2.96. The number of aryl methyl sites for hydroxylation is 1. The number of carboxylic acid groups (broad SMARTS) is 1. The third kappa shape index (κ3) is 3.60. The van der Waals surface area contributed by atoms with Crippen LogP contribution < -0.4 is 0 Å². The average molecular weight is 205 g/mol. The van der Waals surface area contributed by atoms with Crippen LogP contribution in [0, 0.1) is 6.92 Å². The standard InChI is InChI=1S/C8H8O2.C2H3N3/c1-6-4-2-3-5-7(6)8(9)10;1-3-2-5-4-1/h2-5H,1H3,(H,9,10);1-2H,(H,3,4,5). The van der Waals surface area contributed by atoms with Crippen LogP contribution in [-0.2, 0) is 0 Å². The summed E-state index contributed by atoms with van der Waals surface area (Å²) in [7, 11) is 0. The number of H-pyrrole nitrogens is 1. The average Bonchev–Trinajstić information content (AvgIpc) is 2.75. The molecule has 0 bridgehead atoms. The topological polar surface area (TPSA) is 78.9 Å². The fourth-order valence-electron chi connectivity index (χ4n) is 0.980. The van der Waals surface area contributed by atoms with Crippen LogP contribution in [0.5, 0.6) is 0 Å². The molecule has 1 aromatic carbocycles. The fourth-order valence-corrected chi connectivity index (χ4v) is 0.980. The van der Waals surface area contributed by atoms with E-state index in [2.05, 4.69) is 15.2 Å². The molecular weight excluding hydrogens is 194 g/mol. The minimum absolute atomic E-state index is 0.377. The number of nitrogens with zero attached hydrogens (tertiary/aromatic N) is 2. The van der Waals surface area contributed by atoms with E-state index in [4.69, 9.17) is 5.11 Å². The van der Waals surface area contributed by atoms with E-state index in [-0.39, 0.29) is 0 Å². The number of rotatable bonds is 1. The summed E-state index contributed by atoms with van der Waals surface area (Å²) >= 11 is 0. The third-order valence-corrected chi connectivity index (χ3v) is 1.71. The van der Waals surface area contributed by atoms with Crippen LogP contribution >= 0.6 is 0 Å². The molecule has 2 aromatic rings. The zero-order chi connectivity index (χ0) is 11.1. The van der Waals surface area contributed by atoms with Gasteiger partial charge in [0.25, 0.3) is 0 Å². The van der Waals surface area contributed by atoms with E-state index >= 15 is 0 Å². The van der Waals surface area contributed by atoms with Crippen LogP contribution in [0.4, 0.5) is 0 Å². The number of aromatic carboxylic acids is 1. The lowest BCUT2D eigenvalue weighted by Gasteiger charge is -1.96. The quantitative estimate of drug-likeness (QED) is 0.739. The summed E-state index contributed by atoms with van der Waals surface area (Å²) in [6, 6.07) is 6.92. The fraction of sp³-hybridized carbons (Fsp3) is 0.100. The lowest BCUT2D eigenvalue weighted by atomic mass is 10.1. The predicted octanol–water partition coefficient (Wildman–Crippen LogP) is 1.50. The number of aromatic amines is 1. The molecular formula is C10H11N3O2. The zero-order valence-corrected chi connectivity index (χ0v) is 8.21. The molecule has 2 rings (SSSR count). The number of benzene rings is 1. The normalized spacial score (nSPS) is 8.87. The van der Waals surface area contributed by atoms with Gasteiger partial charge in [-0.3, -0.25) is 5.10 Å². The van der Waals surface area contributed by atoms with Crippen molar-refractivity contribution in [1.82, 2.24) is 15.2 Å². The van der Waals surface area contributed by atoms with Gasteiger partial charge in [-0.1, -0.05) is 18.2 Å². The highest BCUT2D eigenvalue weighted by atomic mass is 16.4. The number of aromatic nitrogens is 3. The van der Waals surface area contributed by atoms with Gasteiger partial charge in [0.1, 0.15) is 12.7 Å². The van der Waals surface area contributed by atoms with Crippen molar-refractivity contribution in [2.75, 3.05) is 0 Å². The Labute approximate surface area is 86.8 Å². The van der Waals surface area contributed by atoms with Gasteiger partial charge in [0.05, 0.1) is 5.56 Å². The molecule has 0 amide bonds. The summed E-state index contributed by atoms with van der Waals surface area (Å²) in [4.78, 5) is 14.0. The van der Waals surface area contributed by atoms with Gasteiger partial charge in [-0.15, -0.1) is 0 Å². The Morgan fingerprint density at radius 3 is 2.47 bits per heavy atom. The molecule has 1 heterocycles. The molecule has 0 radical (unpaired) electrons. The van der Waals surface area contributed by atoms with E-state index in [9.17, 15) is 4.79 Å². The van der Waals surface area contributed by atoms with Crippen molar-refractivity contribution in [3.63, 3.8) is 0 Å². The second kappa shape index (κ2) is 5.54. The molecule has 78 valence electrons. The van der Waals surface area contributed by atoms with Gasteiger partial charge in [-0.2, -0.15) is 5.10 Å². The maximum atomic E-state index is 10.4. The summed E-state index contributed by atoms with van der Waals surface area (Å²) < 4.78 is 0. The molecule has 0 saturated carbocycles. The van der Waals surface area contributed by atoms with E-state index in [1.807, 2.05) is 6.07 Å². The number of hydrogen-bond acceptors (Lipinski definition) is 3. The first-order valence-corrected chi connectivity index (χ1v) is 4.29. The molecule has 0 atom stereocenters. The Bertz CT molecular complexity index is 395. The van der Waals surface area contributed by atoms with Crippen LogP contribution in [0.1, 0.15) is 15.9 Å². The summed E-state index contributed by atoms with van der Waals surface area (Å²) in [5.41, 5.74) is 1.18. The highest BCUT2D eigenvalue weighted by Crippen LogP contribution is 2.05. The highest BCUT2D eigenvalue weighted by molar-refractivity contribution is 5.89. The predicted molar refractivity (Wildman–Crippen MR) is 54.5 cm³/mol. The van der Waals surface area contributed by atoms with Gasteiger partial charge >= 0.3 is 5.97 Å². The maximum Gasteiger partial charge on any atom is 0.335 e. The summed E-state index contributed by atoms with van der Waals surface area (Å²) in [5, 5.41) is 14.6. The van der Waals surface area contributed by atoms with Crippen molar-refractivity contribution in [2.45, 2.75) is 6.92 Å². The van der Waals surface area contributed by atoms with E-state index in [1.165, 1.54) is 12.7 Å². The Balaban J connectivity index is 0.000000187. The first-order chi connectivity index (χ1) is 7.22. The Hall–Kier alpha value is -2.17. The van der Waals surface area contributed by atoms with Crippen LogP contribution in [0.15, 0.2) is 36.9 Å². The van der Waals surface area contributed by atoms with Crippen LogP contribution in [0.25, 0.3) is 0 Å². The van der Waals surface area contributed by atoms with Gasteiger partial charge in [-0.25, -0.2) is 9.78 Å². The smallest absolute Gasteiger partial charge is 0.335 e. The van der Waals surface area contributed by atoms with Gasteiger partial charge in [-0.05, 0) is 18.6 Å². The number of carboxylic acids is 1. The lowest BCUT2D eigenvalue weighted by molar-refractivity contribution is 0.0696. The van der Waals surface area contributed by atoms with Gasteiger partial charge in [0, 0.05) is 0 Å². The van der Waals surface area contributed by atoms with E-state index < -0.39 is 5.97 Å². The van der Waals surface area contributed by atoms with Crippen molar-refractivity contribution in [3.8, 4) is 0 Å². The summed E-state index contributed by atoms with van der Waals surface area (Å²) in [5.74, 6) is -0.863. The van der Waals surface area contributed by atoms with E-state index in [1.54, 1.807) is 25.1 Å². The Kier molecular flexibility index (Phi) is 4.03. The Morgan fingerprint density at radius 1 is 1.40 bits per heavy atom.